The lowest BCUT2D eigenvalue weighted by Crippen LogP contribution is -2.43. The Labute approximate surface area is 77.8 Å². The molecule has 0 aromatic carbocycles. The van der Waals surface area contributed by atoms with Gasteiger partial charge in [-0.25, -0.2) is 4.98 Å². The van der Waals surface area contributed by atoms with Gasteiger partial charge in [-0.2, -0.15) is 0 Å². The van der Waals surface area contributed by atoms with Gasteiger partial charge < -0.3 is 16.0 Å². The fourth-order valence-corrected chi connectivity index (χ4v) is 1.50. The van der Waals surface area contributed by atoms with Gasteiger partial charge in [-0.3, -0.25) is 0 Å². The van der Waals surface area contributed by atoms with E-state index in [1.807, 2.05) is 12.1 Å². The normalized spacial score (nSPS) is 17.4. The molecule has 2 rings (SSSR count). The van der Waals surface area contributed by atoms with Crippen LogP contribution in [-0.4, -0.2) is 31.2 Å². The van der Waals surface area contributed by atoms with Crippen molar-refractivity contribution in [2.45, 2.75) is 0 Å². The Morgan fingerprint density at radius 1 is 1.38 bits per heavy atom. The predicted molar refractivity (Wildman–Crippen MR) is 53.7 cm³/mol. The summed E-state index contributed by atoms with van der Waals surface area (Å²) in [4.78, 5) is 6.52. The van der Waals surface area contributed by atoms with Crippen LogP contribution in [0.4, 0.5) is 11.5 Å². The van der Waals surface area contributed by atoms with Gasteiger partial charge in [0.25, 0.3) is 0 Å². The van der Waals surface area contributed by atoms with Crippen LogP contribution in [0.15, 0.2) is 18.3 Å². The first-order valence-corrected chi connectivity index (χ1v) is 4.53. The molecule has 2 heterocycles. The van der Waals surface area contributed by atoms with Crippen LogP contribution in [0.2, 0.25) is 0 Å². The van der Waals surface area contributed by atoms with E-state index in [4.69, 9.17) is 5.73 Å². The number of nitrogens with zero attached hydrogens (tertiary/aromatic N) is 2. The van der Waals surface area contributed by atoms with Gasteiger partial charge in [-0.15, -0.1) is 0 Å². The lowest BCUT2D eigenvalue weighted by Gasteiger charge is -2.28. The van der Waals surface area contributed by atoms with Crippen LogP contribution in [0.1, 0.15) is 0 Å². The maximum atomic E-state index is 5.68. The number of anilines is 2. The molecular weight excluding hydrogens is 164 g/mol. The minimum absolute atomic E-state index is 0.781. The number of pyridine rings is 1. The van der Waals surface area contributed by atoms with Gasteiger partial charge in [0, 0.05) is 44.1 Å². The highest BCUT2D eigenvalue weighted by atomic mass is 15.2. The topological polar surface area (TPSA) is 54.2 Å². The Morgan fingerprint density at radius 3 is 2.85 bits per heavy atom. The number of rotatable bonds is 1. The number of hydrogen-bond acceptors (Lipinski definition) is 4. The SMILES string of the molecule is Nc1ccnc(N2CCNCC2)c1. The van der Waals surface area contributed by atoms with Crippen molar-refractivity contribution in [2.75, 3.05) is 36.8 Å². The third-order valence-electron chi connectivity index (χ3n) is 2.21. The number of piperazine rings is 1. The molecule has 1 aliphatic rings. The second-order valence-electron chi connectivity index (χ2n) is 3.18. The summed E-state index contributed by atoms with van der Waals surface area (Å²) in [6.07, 6.45) is 1.76. The summed E-state index contributed by atoms with van der Waals surface area (Å²) in [5, 5.41) is 3.30. The van der Waals surface area contributed by atoms with Crippen molar-refractivity contribution in [2.24, 2.45) is 0 Å². The second-order valence-corrected chi connectivity index (χ2v) is 3.18. The van der Waals surface area contributed by atoms with Crippen LogP contribution >= 0.6 is 0 Å². The average molecular weight is 178 g/mol. The van der Waals surface area contributed by atoms with E-state index < -0.39 is 0 Å². The molecule has 4 heteroatoms. The van der Waals surface area contributed by atoms with Crippen LogP contribution in [0.5, 0.6) is 0 Å². The zero-order valence-corrected chi connectivity index (χ0v) is 7.53. The molecule has 1 aliphatic heterocycles. The Morgan fingerprint density at radius 2 is 2.15 bits per heavy atom. The highest BCUT2D eigenvalue weighted by Gasteiger charge is 2.10. The van der Waals surface area contributed by atoms with Crippen molar-refractivity contribution in [3.8, 4) is 0 Å². The van der Waals surface area contributed by atoms with Gasteiger partial charge in [-0.05, 0) is 6.07 Å². The van der Waals surface area contributed by atoms with Crippen LogP contribution in [-0.2, 0) is 0 Å². The molecule has 70 valence electrons. The first kappa shape index (κ1) is 8.31. The molecule has 0 amide bonds. The predicted octanol–water partition coefficient (Wildman–Crippen LogP) is 0.0734. The van der Waals surface area contributed by atoms with E-state index >= 15 is 0 Å². The Kier molecular flexibility index (Phi) is 2.31. The molecule has 1 saturated heterocycles. The average Bonchev–Trinajstić information content (AvgIpc) is 2.19. The summed E-state index contributed by atoms with van der Waals surface area (Å²) in [7, 11) is 0. The summed E-state index contributed by atoms with van der Waals surface area (Å²) >= 11 is 0. The number of nitrogens with one attached hydrogen (secondary N) is 1. The first-order valence-electron chi connectivity index (χ1n) is 4.53. The van der Waals surface area contributed by atoms with Crippen molar-refractivity contribution in [3.63, 3.8) is 0 Å². The number of hydrogen-bond donors (Lipinski definition) is 2. The highest BCUT2D eigenvalue weighted by molar-refractivity contribution is 5.50. The second kappa shape index (κ2) is 3.62. The van der Waals surface area contributed by atoms with Gasteiger partial charge in [0.05, 0.1) is 0 Å². The van der Waals surface area contributed by atoms with Gasteiger partial charge in [-0.1, -0.05) is 0 Å². The van der Waals surface area contributed by atoms with Crippen molar-refractivity contribution >= 4 is 11.5 Å². The fourth-order valence-electron chi connectivity index (χ4n) is 1.50. The van der Waals surface area contributed by atoms with E-state index in [0.717, 1.165) is 37.7 Å². The van der Waals surface area contributed by atoms with Crippen LogP contribution in [0, 0.1) is 0 Å². The number of nitrogen functional groups attached to an aromatic ring is 1. The van der Waals surface area contributed by atoms with Gasteiger partial charge in [0.2, 0.25) is 0 Å². The molecule has 4 nitrogen and oxygen atoms in total. The van der Waals surface area contributed by atoms with E-state index in [-0.39, 0.29) is 0 Å². The van der Waals surface area contributed by atoms with Crippen LogP contribution in [0.3, 0.4) is 0 Å². The van der Waals surface area contributed by atoms with E-state index in [1.54, 1.807) is 6.20 Å². The highest BCUT2D eigenvalue weighted by Crippen LogP contribution is 2.13. The smallest absolute Gasteiger partial charge is 0.130 e. The lowest BCUT2D eigenvalue weighted by atomic mass is 10.3. The van der Waals surface area contributed by atoms with Crippen molar-refractivity contribution in [3.05, 3.63) is 18.3 Å². The minimum atomic E-state index is 0.781. The van der Waals surface area contributed by atoms with E-state index in [9.17, 15) is 0 Å². The van der Waals surface area contributed by atoms with Crippen molar-refractivity contribution in [1.82, 2.24) is 10.3 Å². The molecule has 1 aromatic heterocycles. The van der Waals surface area contributed by atoms with Crippen LogP contribution < -0.4 is 16.0 Å². The Hall–Kier alpha value is -1.29. The monoisotopic (exact) mass is 178 g/mol. The third-order valence-corrected chi connectivity index (χ3v) is 2.21. The maximum absolute atomic E-state index is 5.68. The molecule has 1 fully saturated rings. The molecule has 13 heavy (non-hydrogen) atoms. The quantitative estimate of drug-likeness (QED) is 0.639. The maximum Gasteiger partial charge on any atom is 0.130 e. The third kappa shape index (κ3) is 1.89. The molecule has 0 unspecified atom stereocenters. The molecule has 0 saturated carbocycles. The summed E-state index contributed by atoms with van der Waals surface area (Å²) in [6, 6.07) is 3.73. The number of nitrogens with two attached hydrogens (primary N) is 1. The summed E-state index contributed by atoms with van der Waals surface area (Å²) < 4.78 is 0. The van der Waals surface area contributed by atoms with Gasteiger partial charge >= 0.3 is 0 Å². The molecule has 0 bridgehead atoms. The standard InChI is InChI=1S/C9H14N4/c10-8-1-2-12-9(7-8)13-5-3-11-4-6-13/h1-2,7,11H,3-6H2,(H2,10,12). The molecule has 0 spiro atoms. The molecule has 1 aromatic rings. The zero-order valence-electron chi connectivity index (χ0n) is 7.53. The first-order chi connectivity index (χ1) is 6.36. The molecule has 0 atom stereocenters. The Bertz CT molecular complexity index is 281. The molecule has 0 radical (unpaired) electrons. The summed E-state index contributed by atoms with van der Waals surface area (Å²) in [5.74, 6) is 0.988. The van der Waals surface area contributed by atoms with E-state index in [2.05, 4.69) is 15.2 Å². The van der Waals surface area contributed by atoms with Crippen LogP contribution in [0.25, 0.3) is 0 Å². The lowest BCUT2D eigenvalue weighted by molar-refractivity contribution is 0.585. The number of aromatic nitrogens is 1. The fraction of sp³-hybridized carbons (Fsp3) is 0.444. The minimum Gasteiger partial charge on any atom is -0.399 e. The van der Waals surface area contributed by atoms with E-state index in [1.165, 1.54) is 0 Å². The van der Waals surface area contributed by atoms with E-state index in [0.29, 0.717) is 0 Å². The van der Waals surface area contributed by atoms with Gasteiger partial charge in [0.1, 0.15) is 5.82 Å². The summed E-state index contributed by atoms with van der Waals surface area (Å²) in [6.45, 7) is 4.07. The largest absolute Gasteiger partial charge is 0.399 e. The molecular formula is C9H14N4. The molecule has 3 N–H and O–H groups in total. The summed E-state index contributed by atoms with van der Waals surface area (Å²) in [5.41, 5.74) is 6.46. The molecule has 0 aliphatic carbocycles. The van der Waals surface area contributed by atoms with Crippen molar-refractivity contribution < 1.29 is 0 Å². The zero-order chi connectivity index (χ0) is 9.10. The Balaban J connectivity index is 2.14. The van der Waals surface area contributed by atoms with Crippen molar-refractivity contribution in [1.29, 1.82) is 0 Å². The van der Waals surface area contributed by atoms with Gasteiger partial charge in [0.15, 0.2) is 0 Å².